The summed E-state index contributed by atoms with van der Waals surface area (Å²) in [6.07, 6.45) is 0. The third-order valence-electron chi connectivity index (χ3n) is 8.97. The molecule has 0 saturated heterocycles. The van der Waals surface area contributed by atoms with Crippen molar-refractivity contribution in [3.8, 4) is 22.9 Å². The molecule has 0 atom stereocenters. The van der Waals surface area contributed by atoms with Crippen LogP contribution in [0.15, 0.2) is 80.2 Å². The molecule has 4 N–H and O–H groups in total. The van der Waals surface area contributed by atoms with E-state index < -0.39 is 67.8 Å². The number of hydrogen-bond acceptors (Lipinski definition) is 18. The van der Waals surface area contributed by atoms with Crippen LogP contribution in [-0.2, 0) is 49.3 Å². The summed E-state index contributed by atoms with van der Waals surface area (Å²) in [5.41, 5.74) is -2.45. The lowest BCUT2D eigenvalue weighted by Gasteiger charge is -2.21. The first-order valence-corrected chi connectivity index (χ1v) is 22.6. The number of carbonyl (C=O) groups excluding carboxylic acids is 2. The molecule has 0 spiro atoms. The number of benzene rings is 5. The minimum absolute atomic E-state index is 0.0151. The van der Waals surface area contributed by atoms with Crippen molar-refractivity contribution in [1.82, 2.24) is 30.0 Å². The predicted octanol–water partition coefficient (Wildman–Crippen LogP) is 5.53. The largest absolute Gasteiger partial charge is 0.424 e. The zero-order valence-electron chi connectivity index (χ0n) is 32.8. The molecule has 0 bridgehead atoms. The SMILES string of the molecule is CC(C)(C)C(=O)Oc1cc(-n2nc3ccc4c(S(=O)(=O)O)cc(S(=O)(=O)O)cc4c3n2)c(OC(=O)C(C)(C)C)cc1-n1nc2ccc3c(SOOO)cc(S(=O)(=O)O)cc3c2n1. The van der Waals surface area contributed by atoms with Gasteiger partial charge in [0, 0.05) is 38.6 Å². The highest BCUT2D eigenvalue weighted by atomic mass is 32.2. The Morgan fingerprint density at radius 2 is 1.02 bits per heavy atom. The first kappa shape index (κ1) is 44.4. The Hall–Kier alpha value is -5.68. The van der Waals surface area contributed by atoms with Gasteiger partial charge in [0.25, 0.3) is 30.4 Å². The second kappa shape index (κ2) is 15.3. The minimum Gasteiger partial charge on any atom is -0.424 e. The summed E-state index contributed by atoms with van der Waals surface area (Å²) in [5, 5.41) is 30.5. The normalized spacial score (nSPS) is 13.1. The van der Waals surface area contributed by atoms with Gasteiger partial charge in [-0.25, -0.2) is 5.26 Å². The van der Waals surface area contributed by atoms with Crippen molar-refractivity contribution in [3.05, 3.63) is 60.7 Å². The maximum atomic E-state index is 13.5. The highest BCUT2D eigenvalue weighted by Crippen LogP contribution is 2.40. The van der Waals surface area contributed by atoms with Crippen LogP contribution in [-0.4, -0.2) is 86.1 Å². The van der Waals surface area contributed by atoms with E-state index in [0.29, 0.717) is 23.5 Å². The Morgan fingerprint density at radius 3 is 1.44 bits per heavy atom. The second-order valence-electron chi connectivity index (χ2n) is 15.6. The molecule has 2 aromatic heterocycles. The van der Waals surface area contributed by atoms with Crippen LogP contribution < -0.4 is 9.47 Å². The Balaban J connectivity index is 1.53. The van der Waals surface area contributed by atoms with Gasteiger partial charge in [-0.05, 0) is 77.9 Å². The summed E-state index contributed by atoms with van der Waals surface area (Å²) in [7, 11) is -14.9. The summed E-state index contributed by atoms with van der Waals surface area (Å²) in [5.74, 6) is -2.09. The molecular formula is C36H32N6O16S4. The average molecular weight is 933 g/mol. The molecule has 5 aromatic carbocycles. The van der Waals surface area contributed by atoms with Crippen LogP contribution in [0.4, 0.5) is 0 Å². The van der Waals surface area contributed by atoms with E-state index in [1.807, 2.05) is 0 Å². The maximum Gasteiger partial charge on any atom is 0.316 e. The number of hydrogen-bond donors (Lipinski definition) is 4. The number of carbonyl (C=O) groups is 2. The molecule has 0 aliphatic carbocycles. The fraction of sp³-hybridized carbons (Fsp3) is 0.222. The van der Waals surface area contributed by atoms with E-state index in [2.05, 4.69) is 29.8 Å². The number of fused-ring (bicyclic) bond motifs is 6. The number of nitrogens with zero attached hydrogens (tertiary/aromatic N) is 6. The van der Waals surface area contributed by atoms with Gasteiger partial charge in [-0.2, -0.15) is 25.3 Å². The summed E-state index contributed by atoms with van der Waals surface area (Å²) >= 11 is 0.419. The molecule has 0 radical (unpaired) electrons. The van der Waals surface area contributed by atoms with E-state index in [0.717, 1.165) is 27.8 Å². The molecule has 0 unspecified atom stereocenters. The number of rotatable bonds is 10. The molecule has 0 aliphatic heterocycles. The molecule has 7 rings (SSSR count). The standard InChI is InChI=1S/C36H32N6O16S4/c1-35(2,3)33(43)55-27-16-26(42-38-24-10-8-20-22(32(24)40-42)12-18(61(49,50)51)14-30(20)62(52,53)54)28(56-34(44)36(4,5)6)15-25(27)41-37-23-9-7-19-21(31(23)39-41)11-17(60(46,47)48)13-29(19)59-58-57-45/h7-16,45H,1-6H3,(H,46,47,48)(H,49,50,51)(H,52,53,54). The number of ether oxygens (including phenoxy) is 2. The van der Waals surface area contributed by atoms with E-state index in [1.54, 1.807) is 41.5 Å². The average Bonchev–Trinajstić information content (AvgIpc) is 3.80. The van der Waals surface area contributed by atoms with E-state index >= 15 is 0 Å². The lowest BCUT2D eigenvalue weighted by molar-refractivity contribution is -0.432. The molecule has 0 fully saturated rings. The zero-order chi connectivity index (χ0) is 45.5. The van der Waals surface area contributed by atoms with Crippen molar-refractivity contribution in [2.24, 2.45) is 10.8 Å². The van der Waals surface area contributed by atoms with Crippen molar-refractivity contribution in [1.29, 1.82) is 0 Å². The van der Waals surface area contributed by atoms with Crippen LogP contribution in [0.3, 0.4) is 0 Å². The topological polar surface area (TPSA) is 316 Å². The van der Waals surface area contributed by atoms with E-state index in [9.17, 15) is 48.5 Å². The maximum absolute atomic E-state index is 13.5. The molecular weight excluding hydrogens is 901 g/mol. The van der Waals surface area contributed by atoms with Crippen molar-refractivity contribution in [2.45, 2.75) is 61.1 Å². The van der Waals surface area contributed by atoms with Gasteiger partial charge in [-0.15, -0.1) is 34.3 Å². The Morgan fingerprint density at radius 1 is 0.581 bits per heavy atom. The van der Waals surface area contributed by atoms with E-state index in [1.165, 1.54) is 36.4 Å². The molecule has 0 amide bonds. The van der Waals surface area contributed by atoms with Crippen LogP contribution in [0.5, 0.6) is 11.5 Å². The Bertz CT molecular complexity index is 3390. The Labute approximate surface area is 354 Å². The summed E-state index contributed by atoms with van der Waals surface area (Å²) in [6.45, 7) is 9.43. The summed E-state index contributed by atoms with van der Waals surface area (Å²) < 4.78 is 120. The minimum atomic E-state index is -5.07. The van der Waals surface area contributed by atoms with Crippen molar-refractivity contribution < 1.29 is 72.6 Å². The molecule has 0 aliphatic rings. The van der Waals surface area contributed by atoms with Gasteiger partial charge in [0.2, 0.25) is 0 Å². The summed E-state index contributed by atoms with van der Waals surface area (Å²) in [6, 6.07) is 11.7. The third kappa shape index (κ3) is 8.56. The molecule has 2 heterocycles. The van der Waals surface area contributed by atoms with Crippen LogP contribution >= 0.6 is 12.0 Å². The van der Waals surface area contributed by atoms with Crippen LogP contribution in [0.2, 0.25) is 0 Å². The van der Waals surface area contributed by atoms with Gasteiger partial charge >= 0.3 is 11.9 Å². The van der Waals surface area contributed by atoms with Crippen LogP contribution in [0.1, 0.15) is 41.5 Å². The highest BCUT2D eigenvalue weighted by Gasteiger charge is 2.31. The number of esters is 2. The van der Waals surface area contributed by atoms with Crippen molar-refractivity contribution >= 4 is 97.9 Å². The lowest BCUT2D eigenvalue weighted by Crippen LogP contribution is -2.27. The summed E-state index contributed by atoms with van der Waals surface area (Å²) in [4.78, 5) is 26.7. The van der Waals surface area contributed by atoms with Gasteiger partial charge in [0.1, 0.15) is 38.3 Å². The van der Waals surface area contributed by atoms with Gasteiger partial charge in [0.05, 0.1) is 32.7 Å². The van der Waals surface area contributed by atoms with E-state index in [-0.39, 0.29) is 66.0 Å². The third-order valence-corrected chi connectivity index (χ3v) is 12.2. The first-order valence-electron chi connectivity index (χ1n) is 17.5. The highest BCUT2D eigenvalue weighted by molar-refractivity contribution is 7.94. The predicted molar refractivity (Wildman–Crippen MR) is 217 cm³/mol. The Kier molecular flexibility index (Phi) is 10.9. The molecule has 326 valence electrons. The smallest absolute Gasteiger partial charge is 0.316 e. The number of aromatic nitrogens is 6. The molecule has 0 saturated carbocycles. The van der Waals surface area contributed by atoms with Gasteiger partial charge < -0.3 is 9.47 Å². The second-order valence-corrected chi connectivity index (χ2v) is 20.6. The molecule has 26 heteroatoms. The zero-order valence-corrected chi connectivity index (χ0v) is 36.0. The van der Waals surface area contributed by atoms with Gasteiger partial charge in [0.15, 0.2) is 11.5 Å². The lowest BCUT2D eigenvalue weighted by atomic mass is 9.97. The molecule has 22 nitrogen and oxygen atoms in total. The van der Waals surface area contributed by atoms with Gasteiger partial charge in [-0.1, -0.05) is 17.2 Å². The van der Waals surface area contributed by atoms with Crippen LogP contribution in [0, 0.1) is 10.8 Å². The monoisotopic (exact) mass is 932 g/mol. The molecule has 62 heavy (non-hydrogen) atoms. The van der Waals surface area contributed by atoms with Gasteiger partial charge in [-0.3, -0.25) is 23.2 Å². The van der Waals surface area contributed by atoms with E-state index in [4.69, 9.17) is 14.7 Å². The first-order chi connectivity index (χ1) is 28.6. The quantitative estimate of drug-likeness (QED) is 0.0327. The van der Waals surface area contributed by atoms with Crippen molar-refractivity contribution in [3.63, 3.8) is 0 Å². The van der Waals surface area contributed by atoms with Crippen molar-refractivity contribution in [2.75, 3.05) is 0 Å². The molecule has 7 aromatic rings. The fourth-order valence-corrected chi connectivity index (χ4v) is 8.37. The van der Waals surface area contributed by atoms with Crippen LogP contribution in [0.25, 0.3) is 55.0 Å². The fourth-order valence-electron chi connectivity index (χ4n) is 5.87.